The van der Waals surface area contributed by atoms with E-state index in [2.05, 4.69) is 5.32 Å². The molecule has 112 valence electrons. The van der Waals surface area contributed by atoms with E-state index in [4.69, 9.17) is 33.0 Å². The Bertz CT molecular complexity index is 440. The van der Waals surface area contributed by atoms with E-state index in [9.17, 15) is 4.79 Å². The Morgan fingerprint density at radius 1 is 1.35 bits per heavy atom. The number of carbonyl (C=O) groups excluding carboxylic acids is 1. The summed E-state index contributed by atoms with van der Waals surface area (Å²) in [6.45, 7) is 2.41. The molecule has 1 aromatic carbocycles. The number of carbonyl (C=O) groups is 1. The Morgan fingerprint density at radius 2 is 2.10 bits per heavy atom. The smallest absolute Gasteiger partial charge is 0.260 e. The molecule has 0 saturated carbocycles. The summed E-state index contributed by atoms with van der Waals surface area (Å²) in [5.74, 6) is 0.235. The molecule has 1 amide bonds. The van der Waals surface area contributed by atoms with E-state index in [1.54, 1.807) is 25.1 Å². The molecule has 2 N–H and O–H groups in total. The molecule has 0 aliphatic carbocycles. The molecule has 0 aliphatic heterocycles. The lowest BCUT2D eigenvalue weighted by atomic mass is 10.2. The van der Waals surface area contributed by atoms with Crippen LogP contribution in [0.5, 0.6) is 5.75 Å². The van der Waals surface area contributed by atoms with Crippen LogP contribution in [0, 0.1) is 0 Å². The molecule has 0 radical (unpaired) electrons. The maximum absolute atomic E-state index is 11.8. The minimum Gasteiger partial charge on any atom is -0.479 e. The summed E-state index contributed by atoms with van der Waals surface area (Å²) in [7, 11) is 0. The van der Waals surface area contributed by atoms with Gasteiger partial charge in [-0.25, -0.2) is 0 Å². The van der Waals surface area contributed by atoms with Crippen LogP contribution in [0.15, 0.2) is 18.2 Å². The quantitative estimate of drug-likeness (QED) is 0.724. The number of hydrogen-bond donors (Lipinski definition) is 2. The second-order valence-corrected chi connectivity index (χ2v) is 5.25. The largest absolute Gasteiger partial charge is 0.479 e. The zero-order chi connectivity index (χ0) is 15.0. The van der Waals surface area contributed by atoms with Crippen LogP contribution < -0.4 is 10.1 Å². The zero-order valence-electron chi connectivity index (χ0n) is 11.4. The van der Waals surface area contributed by atoms with Crippen LogP contribution in [0.4, 0.5) is 0 Å². The molecule has 1 unspecified atom stereocenters. The Hall–Kier alpha value is -0.970. The van der Waals surface area contributed by atoms with Crippen molar-refractivity contribution in [1.29, 1.82) is 0 Å². The molecule has 0 heterocycles. The third-order valence-corrected chi connectivity index (χ3v) is 3.23. The van der Waals surface area contributed by atoms with Gasteiger partial charge in [-0.15, -0.1) is 0 Å². The number of amides is 1. The summed E-state index contributed by atoms with van der Waals surface area (Å²) < 4.78 is 5.50. The number of ether oxygens (including phenoxy) is 1. The van der Waals surface area contributed by atoms with Crippen molar-refractivity contribution in [3.63, 3.8) is 0 Å². The Morgan fingerprint density at radius 3 is 2.75 bits per heavy atom. The van der Waals surface area contributed by atoms with Gasteiger partial charge in [0.05, 0.1) is 5.02 Å². The van der Waals surface area contributed by atoms with Crippen molar-refractivity contribution in [3.05, 3.63) is 28.2 Å². The van der Waals surface area contributed by atoms with Gasteiger partial charge >= 0.3 is 0 Å². The number of benzene rings is 1. The van der Waals surface area contributed by atoms with Crippen LogP contribution >= 0.6 is 23.2 Å². The van der Waals surface area contributed by atoms with Gasteiger partial charge in [0, 0.05) is 18.2 Å². The van der Waals surface area contributed by atoms with Gasteiger partial charge in [0.1, 0.15) is 5.75 Å². The summed E-state index contributed by atoms with van der Waals surface area (Å²) in [5.41, 5.74) is 0. The predicted octanol–water partition coefficient (Wildman–Crippen LogP) is 3.04. The Balaban J connectivity index is 2.37. The molecule has 0 fully saturated rings. The highest BCUT2D eigenvalue weighted by Gasteiger charge is 2.15. The van der Waals surface area contributed by atoms with Gasteiger partial charge in [-0.3, -0.25) is 4.79 Å². The third kappa shape index (κ3) is 5.99. The Kier molecular flexibility index (Phi) is 7.73. The van der Waals surface area contributed by atoms with Crippen molar-refractivity contribution >= 4 is 29.1 Å². The Labute approximate surface area is 129 Å². The summed E-state index contributed by atoms with van der Waals surface area (Å²) in [6, 6.07) is 4.86. The average molecular weight is 320 g/mol. The molecular weight excluding hydrogens is 301 g/mol. The number of aliphatic hydroxyl groups is 1. The van der Waals surface area contributed by atoms with Crippen LogP contribution in [-0.4, -0.2) is 30.3 Å². The molecule has 6 heteroatoms. The maximum atomic E-state index is 11.8. The van der Waals surface area contributed by atoms with E-state index >= 15 is 0 Å². The van der Waals surface area contributed by atoms with Crippen molar-refractivity contribution in [2.45, 2.75) is 32.3 Å². The fourth-order valence-corrected chi connectivity index (χ4v) is 2.04. The number of rotatable bonds is 8. The van der Waals surface area contributed by atoms with Gasteiger partial charge in [-0.2, -0.15) is 0 Å². The fourth-order valence-electron chi connectivity index (χ4n) is 1.58. The summed E-state index contributed by atoms with van der Waals surface area (Å²) in [4.78, 5) is 11.8. The van der Waals surface area contributed by atoms with E-state index < -0.39 is 6.10 Å². The topological polar surface area (TPSA) is 58.6 Å². The summed E-state index contributed by atoms with van der Waals surface area (Å²) >= 11 is 11.8. The normalized spacial score (nSPS) is 12.0. The van der Waals surface area contributed by atoms with Crippen molar-refractivity contribution in [1.82, 2.24) is 5.32 Å². The number of halogens is 2. The van der Waals surface area contributed by atoms with Crippen LogP contribution in [0.3, 0.4) is 0 Å². The SMILES string of the molecule is CC(Oc1ccc(Cl)cc1Cl)C(=O)NCCCCCO. The number of aliphatic hydroxyl groups excluding tert-OH is 1. The van der Waals surface area contributed by atoms with E-state index in [1.165, 1.54) is 0 Å². The lowest BCUT2D eigenvalue weighted by Gasteiger charge is -2.15. The molecule has 4 nitrogen and oxygen atoms in total. The van der Waals surface area contributed by atoms with Gasteiger partial charge in [-0.1, -0.05) is 23.2 Å². The number of nitrogens with one attached hydrogen (secondary N) is 1. The summed E-state index contributed by atoms with van der Waals surface area (Å²) in [5, 5.41) is 12.3. The molecule has 1 aromatic rings. The summed E-state index contributed by atoms with van der Waals surface area (Å²) in [6.07, 6.45) is 1.84. The van der Waals surface area contributed by atoms with E-state index in [1.807, 2.05) is 0 Å². The van der Waals surface area contributed by atoms with E-state index in [0.717, 1.165) is 19.3 Å². The minimum absolute atomic E-state index is 0.183. The highest BCUT2D eigenvalue weighted by Crippen LogP contribution is 2.28. The van der Waals surface area contributed by atoms with Crippen molar-refractivity contribution < 1.29 is 14.6 Å². The van der Waals surface area contributed by atoms with Gasteiger partial charge < -0.3 is 15.2 Å². The first-order valence-corrected chi connectivity index (χ1v) is 7.30. The minimum atomic E-state index is -0.633. The van der Waals surface area contributed by atoms with Crippen molar-refractivity contribution in [2.75, 3.05) is 13.2 Å². The zero-order valence-corrected chi connectivity index (χ0v) is 12.9. The fraction of sp³-hybridized carbons (Fsp3) is 0.500. The van der Waals surface area contributed by atoms with Crippen LogP contribution in [0.25, 0.3) is 0 Å². The second kappa shape index (κ2) is 9.06. The molecule has 1 atom stereocenters. The molecule has 0 spiro atoms. The average Bonchev–Trinajstić information content (AvgIpc) is 2.41. The molecule has 0 aromatic heterocycles. The number of hydrogen-bond acceptors (Lipinski definition) is 3. The molecule has 0 saturated heterocycles. The lowest BCUT2D eigenvalue weighted by Crippen LogP contribution is -2.36. The van der Waals surface area contributed by atoms with E-state index in [0.29, 0.717) is 22.3 Å². The second-order valence-electron chi connectivity index (χ2n) is 4.41. The van der Waals surface area contributed by atoms with Gasteiger partial charge in [0.25, 0.3) is 5.91 Å². The standard InChI is InChI=1S/C14H19Cl2NO3/c1-10(14(19)17-7-3-2-4-8-18)20-13-6-5-11(15)9-12(13)16/h5-6,9-10,18H,2-4,7-8H2,1H3,(H,17,19). The highest BCUT2D eigenvalue weighted by atomic mass is 35.5. The molecular formula is C14H19Cl2NO3. The van der Waals surface area contributed by atoms with Crippen molar-refractivity contribution in [3.8, 4) is 5.75 Å². The van der Waals surface area contributed by atoms with Crippen LogP contribution in [-0.2, 0) is 4.79 Å². The lowest BCUT2D eigenvalue weighted by molar-refractivity contribution is -0.127. The van der Waals surface area contributed by atoms with Gasteiger partial charge in [-0.05, 0) is 44.4 Å². The van der Waals surface area contributed by atoms with Crippen molar-refractivity contribution in [2.24, 2.45) is 0 Å². The van der Waals surface area contributed by atoms with E-state index in [-0.39, 0.29) is 12.5 Å². The number of unbranched alkanes of at least 4 members (excludes halogenated alkanes) is 2. The predicted molar refractivity (Wildman–Crippen MR) is 80.5 cm³/mol. The first-order chi connectivity index (χ1) is 9.54. The third-order valence-electron chi connectivity index (χ3n) is 2.70. The molecule has 1 rings (SSSR count). The first-order valence-electron chi connectivity index (χ1n) is 6.55. The van der Waals surface area contributed by atoms with Gasteiger partial charge in [0.15, 0.2) is 6.10 Å². The van der Waals surface area contributed by atoms with Crippen LogP contribution in [0.2, 0.25) is 10.0 Å². The molecule has 0 aliphatic rings. The monoisotopic (exact) mass is 319 g/mol. The van der Waals surface area contributed by atoms with Gasteiger partial charge in [0.2, 0.25) is 0 Å². The van der Waals surface area contributed by atoms with Crippen LogP contribution in [0.1, 0.15) is 26.2 Å². The highest BCUT2D eigenvalue weighted by molar-refractivity contribution is 6.35. The first kappa shape index (κ1) is 17.1. The molecule has 20 heavy (non-hydrogen) atoms. The molecule has 0 bridgehead atoms. The maximum Gasteiger partial charge on any atom is 0.260 e.